The van der Waals surface area contributed by atoms with Gasteiger partial charge in [-0.2, -0.15) is 0 Å². The van der Waals surface area contributed by atoms with Gasteiger partial charge in [0.15, 0.2) is 5.75 Å². The number of hydrogen-bond donors (Lipinski definition) is 0. The highest BCUT2D eigenvalue weighted by atomic mass is 35.5. The number of ether oxygens (including phenoxy) is 1. The summed E-state index contributed by atoms with van der Waals surface area (Å²) in [5, 5.41) is 1.27. The fourth-order valence-corrected chi connectivity index (χ4v) is 3.57. The van der Waals surface area contributed by atoms with Crippen LogP contribution in [-0.4, -0.2) is 18.2 Å². The van der Waals surface area contributed by atoms with Crippen molar-refractivity contribution in [2.24, 2.45) is 5.92 Å². The highest BCUT2D eigenvalue weighted by Gasteiger charge is 2.22. The minimum Gasteiger partial charge on any atom is -0.490 e. The minimum absolute atomic E-state index is 0.0576. The van der Waals surface area contributed by atoms with Gasteiger partial charge in [0.05, 0.1) is 22.6 Å². The van der Waals surface area contributed by atoms with Crippen LogP contribution >= 0.6 is 34.8 Å². The molecule has 25 heavy (non-hydrogen) atoms. The van der Waals surface area contributed by atoms with Crippen molar-refractivity contribution in [3.05, 3.63) is 27.2 Å². The molecule has 0 aromatic heterocycles. The molecule has 140 valence electrons. The molecule has 0 aliphatic carbocycles. The second-order valence-corrected chi connectivity index (χ2v) is 7.19. The fraction of sp³-hybridized carbons (Fsp3) is 0.579. The number of benzene rings is 1. The van der Waals surface area contributed by atoms with Crippen molar-refractivity contribution in [1.29, 1.82) is 0 Å². The summed E-state index contributed by atoms with van der Waals surface area (Å²) in [7, 11) is 0. The van der Waals surface area contributed by atoms with E-state index in [0.29, 0.717) is 46.7 Å². The van der Waals surface area contributed by atoms with Gasteiger partial charge in [-0.1, -0.05) is 67.9 Å². The predicted molar refractivity (Wildman–Crippen MR) is 104 cm³/mol. The van der Waals surface area contributed by atoms with Gasteiger partial charge < -0.3 is 4.74 Å². The van der Waals surface area contributed by atoms with Crippen LogP contribution in [0.4, 0.5) is 0 Å². The van der Waals surface area contributed by atoms with Crippen molar-refractivity contribution in [3.63, 3.8) is 0 Å². The molecule has 0 spiro atoms. The summed E-state index contributed by atoms with van der Waals surface area (Å²) < 4.78 is 5.63. The van der Waals surface area contributed by atoms with E-state index in [0.717, 1.165) is 25.7 Å². The Hall–Kier alpha value is -0.770. The zero-order valence-corrected chi connectivity index (χ0v) is 17.0. The second-order valence-electron chi connectivity index (χ2n) is 5.94. The molecule has 1 aromatic carbocycles. The van der Waals surface area contributed by atoms with E-state index in [4.69, 9.17) is 39.5 Å². The number of halogens is 3. The van der Waals surface area contributed by atoms with Crippen molar-refractivity contribution in [3.8, 4) is 5.75 Å². The Bertz CT molecular complexity index is 548. The highest BCUT2D eigenvalue weighted by molar-refractivity contribution is 6.40. The Morgan fingerprint density at radius 1 is 0.920 bits per heavy atom. The number of carbonyl (C=O) groups is 2. The average molecular weight is 408 g/mol. The van der Waals surface area contributed by atoms with Gasteiger partial charge in [0.2, 0.25) is 0 Å². The molecule has 0 saturated carbocycles. The third kappa shape index (κ3) is 7.55. The molecule has 3 nitrogen and oxygen atoms in total. The van der Waals surface area contributed by atoms with Crippen molar-refractivity contribution >= 4 is 46.4 Å². The highest BCUT2D eigenvalue weighted by Crippen LogP contribution is 2.35. The van der Waals surface area contributed by atoms with Crippen LogP contribution in [0.15, 0.2) is 12.1 Å². The zero-order chi connectivity index (χ0) is 18.8. The van der Waals surface area contributed by atoms with E-state index in [1.165, 1.54) is 0 Å². The molecule has 0 unspecified atom stereocenters. The fourth-order valence-electron chi connectivity index (χ4n) is 2.64. The molecular formula is C19H25Cl3O3. The monoisotopic (exact) mass is 406 g/mol. The topological polar surface area (TPSA) is 43.4 Å². The lowest BCUT2D eigenvalue weighted by Crippen LogP contribution is -2.22. The maximum atomic E-state index is 11.8. The zero-order valence-electron chi connectivity index (χ0n) is 14.7. The standard InChI is InChI=1S/C19H25Cl3O3/c1-3-17(23)14(18(24)4-2)9-7-5-6-8-10-25-19-15(21)11-13(20)12-16(19)22/h11-12,14H,3-10H2,1-2H3. The Labute approximate surface area is 165 Å². The van der Waals surface area contributed by atoms with E-state index in [9.17, 15) is 9.59 Å². The summed E-state index contributed by atoms with van der Waals surface area (Å²) >= 11 is 18.0. The van der Waals surface area contributed by atoms with Gasteiger partial charge in [0.25, 0.3) is 0 Å². The number of hydrogen-bond acceptors (Lipinski definition) is 3. The van der Waals surface area contributed by atoms with Crippen LogP contribution in [0.25, 0.3) is 0 Å². The largest absolute Gasteiger partial charge is 0.490 e. The molecule has 0 saturated heterocycles. The van der Waals surface area contributed by atoms with Crippen molar-refractivity contribution in [1.82, 2.24) is 0 Å². The first-order chi connectivity index (χ1) is 11.9. The van der Waals surface area contributed by atoms with Crippen LogP contribution in [0.5, 0.6) is 5.75 Å². The lowest BCUT2D eigenvalue weighted by atomic mass is 9.90. The number of ketones is 2. The lowest BCUT2D eigenvalue weighted by Gasteiger charge is -2.13. The Kier molecular flexibility index (Phi) is 10.5. The Balaban J connectivity index is 2.28. The maximum Gasteiger partial charge on any atom is 0.156 e. The van der Waals surface area contributed by atoms with Gasteiger partial charge >= 0.3 is 0 Å². The van der Waals surface area contributed by atoms with Crippen LogP contribution in [0.1, 0.15) is 58.8 Å². The smallest absolute Gasteiger partial charge is 0.156 e. The molecule has 0 amide bonds. The Morgan fingerprint density at radius 2 is 1.44 bits per heavy atom. The van der Waals surface area contributed by atoms with Gasteiger partial charge in [-0.15, -0.1) is 0 Å². The summed E-state index contributed by atoms with van der Waals surface area (Å²) in [5.41, 5.74) is 0. The molecule has 1 rings (SSSR count). The normalized spacial score (nSPS) is 11.0. The number of rotatable bonds is 12. The van der Waals surface area contributed by atoms with E-state index in [1.54, 1.807) is 12.1 Å². The van der Waals surface area contributed by atoms with Crippen molar-refractivity contribution < 1.29 is 14.3 Å². The first-order valence-corrected chi connectivity index (χ1v) is 9.86. The molecule has 1 aromatic rings. The molecule has 0 bridgehead atoms. The summed E-state index contributed by atoms with van der Waals surface area (Å²) in [6, 6.07) is 3.19. The average Bonchev–Trinajstić information content (AvgIpc) is 2.57. The molecule has 0 radical (unpaired) electrons. The second kappa shape index (κ2) is 11.8. The summed E-state index contributed by atoms with van der Waals surface area (Å²) in [6.07, 6.45) is 5.12. The molecule has 0 N–H and O–H groups in total. The van der Waals surface area contributed by atoms with Gasteiger partial charge in [0, 0.05) is 17.9 Å². The van der Waals surface area contributed by atoms with Gasteiger partial charge in [-0.3, -0.25) is 9.59 Å². The van der Waals surface area contributed by atoms with Gasteiger partial charge in [0.1, 0.15) is 11.6 Å². The van der Waals surface area contributed by atoms with E-state index < -0.39 is 5.92 Å². The van der Waals surface area contributed by atoms with Crippen molar-refractivity contribution in [2.45, 2.75) is 58.8 Å². The quantitative estimate of drug-likeness (QED) is 0.291. The van der Waals surface area contributed by atoms with Gasteiger partial charge in [-0.25, -0.2) is 0 Å². The first kappa shape index (κ1) is 22.3. The minimum atomic E-state index is -0.419. The molecule has 0 fully saturated rings. The molecule has 6 heteroatoms. The van der Waals surface area contributed by atoms with Crippen LogP contribution in [0.2, 0.25) is 15.1 Å². The van der Waals surface area contributed by atoms with Crippen LogP contribution < -0.4 is 4.74 Å². The van der Waals surface area contributed by atoms with E-state index in [-0.39, 0.29) is 11.6 Å². The first-order valence-electron chi connectivity index (χ1n) is 8.73. The van der Waals surface area contributed by atoms with Gasteiger partial charge in [-0.05, 0) is 25.0 Å². The summed E-state index contributed by atoms with van der Waals surface area (Å²) in [4.78, 5) is 23.7. The third-order valence-corrected chi connectivity index (χ3v) is 4.85. The molecule has 0 atom stereocenters. The SMILES string of the molecule is CCC(=O)C(CCCCCCOc1c(Cl)cc(Cl)cc1Cl)C(=O)CC. The van der Waals surface area contributed by atoms with E-state index in [2.05, 4.69) is 0 Å². The summed E-state index contributed by atoms with van der Waals surface area (Å²) in [5.74, 6) is 0.150. The predicted octanol–water partition coefficient (Wildman–Crippen LogP) is 6.55. The number of Topliss-reactive ketones (excluding diaryl/α,β-unsaturated/α-hetero) is 2. The summed E-state index contributed by atoms with van der Waals surface area (Å²) in [6.45, 7) is 4.12. The Morgan fingerprint density at radius 3 is 1.96 bits per heavy atom. The maximum absolute atomic E-state index is 11.8. The molecule has 0 aliphatic rings. The molecule has 0 aliphatic heterocycles. The molecular weight excluding hydrogens is 383 g/mol. The molecule has 0 heterocycles. The van der Waals surface area contributed by atoms with Crippen molar-refractivity contribution in [2.75, 3.05) is 6.61 Å². The van der Waals surface area contributed by atoms with E-state index in [1.807, 2.05) is 13.8 Å². The van der Waals surface area contributed by atoms with Crippen LogP contribution in [0, 0.1) is 5.92 Å². The number of carbonyl (C=O) groups excluding carboxylic acids is 2. The third-order valence-electron chi connectivity index (χ3n) is 4.07. The van der Waals surface area contributed by atoms with E-state index >= 15 is 0 Å². The van der Waals surface area contributed by atoms with Crippen LogP contribution in [0.3, 0.4) is 0 Å². The lowest BCUT2D eigenvalue weighted by molar-refractivity contribution is -0.132. The number of unbranched alkanes of at least 4 members (excludes halogenated alkanes) is 3. The van der Waals surface area contributed by atoms with Crippen LogP contribution in [-0.2, 0) is 9.59 Å².